The topological polar surface area (TPSA) is 67.8 Å². The van der Waals surface area contributed by atoms with Crippen LogP contribution in [0.5, 0.6) is 0 Å². The number of nitrogens with one attached hydrogen (secondary N) is 2. The number of nitrogens with zero attached hydrogens (tertiary/aromatic N) is 2. The normalized spacial score (nSPS) is 18.1. The number of aliphatic hydroxyl groups excluding tert-OH is 1. The first-order valence-corrected chi connectivity index (χ1v) is 10.5. The lowest BCUT2D eigenvalue weighted by Gasteiger charge is -2.38. The second-order valence-corrected chi connectivity index (χ2v) is 7.99. The van der Waals surface area contributed by atoms with Crippen LogP contribution in [-0.2, 0) is 11.2 Å². The summed E-state index contributed by atoms with van der Waals surface area (Å²) in [5.74, 6) is 0.104. The van der Waals surface area contributed by atoms with Crippen LogP contribution in [0, 0.1) is 6.92 Å². The molecule has 4 rings (SSSR count). The van der Waals surface area contributed by atoms with E-state index in [0.29, 0.717) is 19.5 Å². The molecule has 29 heavy (non-hydrogen) atoms. The van der Waals surface area contributed by atoms with Crippen LogP contribution >= 0.6 is 0 Å². The van der Waals surface area contributed by atoms with Crippen molar-refractivity contribution < 1.29 is 9.90 Å². The van der Waals surface area contributed by atoms with Crippen LogP contribution in [0.1, 0.15) is 17.5 Å². The highest BCUT2D eigenvalue weighted by molar-refractivity contribution is 5.95. The molecule has 2 aliphatic heterocycles. The highest BCUT2D eigenvalue weighted by atomic mass is 16.3. The molecule has 1 atom stereocenters. The minimum atomic E-state index is -0.402. The van der Waals surface area contributed by atoms with E-state index in [4.69, 9.17) is 0 Å². The number of β-amino-alcohol motifs (C(OH)–C–C–N with tert-alkyl or cyclic N) is 1. The summed E-state index contributed by atoms with van der Waals surface area (Å²) in [5.41, 5.74) is 5.72. The van der Waals surface area contributed by atoms with Gasteiger partial charge in [-0.2, -0.15) is 0 Å². The summed E-state index contributed by atoms with van der Waals surface area (Å²) in [6, 6.07) is 14.3. The maximum absolute atomic E-state index is 11.7. The summed E-state index contributed by atoms with van der Waals surface area (Å²) in [5, 5.41) is 16.8. The van der Waals surface area contributed by atoms with Crippen molar-refractivity contribution in [2.24, 2.45) is 0 Å². The minimum absolute atomic E-state index is 0.104. The van der Waals surface area contributed by atoms with E-state index in [9.17, 15) is 9.90 Å². The average molecular weight is 395 g/mol. The Morgan fingerprint density at radius 1 is 1.07 bits per heavy atom. The van der Waals surface area contributed by atoms with Gasteiger partial charge in [0.15, 0.2) is 0 Å². The molecule has 0 aromatic heterocycles. The zero-order valence-electron chi connectivity index (χ0n) is 17.0. The lowest BCUT2D eigenvalue weighted by atomic mass is 10.00. The molecule has 6 nitrogen and oxygen atoms in total. The zero-order valence-corrected chi connectivity index (χ0v) is 17.0. The molecule has 0 aliphatic carbocycles. The lowest BCUT2D eigenvalue weighted by Crippen LogP contribution is -2.49. The molecule has 1 fully saturated rings. The number of hydrogen-bond acceptors (Lipinski definition) is 5. The van der Waals surface area contributed by atoms with E-state index < -0.39 is 6.10 Å². The van der Waals surface area contributed by atoms with Crippen LogP contribution in [0.25, 0.3) is 0 Å². The van der Waals surface area contributed by atoms with Gasteiger partial charge in [-0.05, 0) is 42.7 Å². The predicted molar refractivity (Wildman–Crippen MR) is 118 cm³/mol. The smallest absolute Gasteiger partial charge is 0.224 e. The van der Waals surface area contributed by atoms with Gasteiger partial charge in [0.05, 0.1) is 6.10 Å². The number of piperazine rings is 1. The van der Waals surface area contributed by atoms with Gasteiger partial charge in [0, 0.05) is 62.8 Å². The number of anilines is 3. The Bertz CT molecular complexity index is 862. The van der Waals surface area contributed by atoms with Gasteiger partial charge >= 0.3 is 0 Å². The molecule has 1 saturated heterocycles. The number of aryl methyl sites for hydroxylation is 1. The Labute approximate surface area is 172 Å². The van der Waals surface area contributed by atoms with Crippen LogP contribution in [0.15, 0.2) is 42.5 Å². The molecule has 3 N–H and O–H groups in total. The number of para-hydroxylation sites is 1. The summed E-state index contributed by atoms with van der Waals surface area (Å²) in [6.07, 6.45) is 0.964. The first-order valence-electron chi connectivity index (χ1n) is 10.5. The molecule has 1 unspecified atom stereocenters. The molecule has 0 radical (unpaired) electrons. The third-order valence-electron chi connectivity index (χ3n) is 5.88. The SMILES string of the molecule is Cc1ccccc1NCC(O)CN1CCN(c2cccc3c2CCC(=O)N3)CC1. The Hall–Kier alpha value is -2.57. The third-order valence-corrected chi connectivity index (χ3v) is 5.88. The maximum Gasteiger partial charge on any atom is 0.224 e. The quantitative estimate of drug-likeness (QED) is 0.702. The Morgan fingerprint density at radius 2 is 1.86 bits per heavy atom. The van der Waals surface area contributed by atoms with Crippen LogP contribution in [0.4, 0.5) is 17.1 Å². The Morgan fingerprint density at radius 3 is 2.66 bits per heavy atom. The molecular weight excluding hydrogens is 364 g/mol. The van der Waals surface area contributed by atoms with Crippen LogP contribution in [-0.4, -0.2) is 61.3 Å². The van der Waals surface area contributed by atoms with E-state index in [1.165, 1.54) is 16.8 Å². The second kappa shape index (κ2) is 8.84. The molecule has 2 heterocycles. The number of benzene rings is 2. The largest absolute Gasteiger partial charge is 0.390 e. The summed E-state index contributed by atoms with van der Waals surface area (Å²) in [4.78, 5) is 16.4. The predicted octanol–water partition coefficient (Wildman–Crippen LogP) is 2.47. The standard InChI is InChI=1S/C23H30N4O2/c1-17-5-2-3-6-20(17)24-15-18(28)16-26-11-13-27(14-12-26)22-8-4-7-21-19(22)9-10-23(29)25-21/h2-8,18,24,28H,9-16H2,1H3,(H,25,29). The minimum Gasteiger partial charge on any atom is -0.390 e. The number of hydrogen-bond donors (Lipinski definition) is 3. The molecule has 2 aromatic carbocycles. The van der Waals surface area contributed by atoms with Gasteiger partial charge in [0.2, 0.25) is 5.91 Å². The Kier molecular flexibility index (Phi) is 6.02. The summed E-state index contributed by atoms with van der Waals surface area (Å²) >= 11 is 0. The fraction of sp³-hybridized carbons (Fsp3) is 0.435. The maximum atomic E-state index is 11.7. The molecule has 0 saturated carbocycles. The van der Waals surface area contributed by atoms with Crippen molar-refractivity contribution in [3.05, 3.63) is 53.6 Å². The molecule has 1 amide bonds. The van der Waals surface area contributed by atoms with E-state index >= 15 is 0 Å². The molecule has 0 spiro atoms. The fourth-order valence-electron chi connectivity index (χ4n) is 4.23. The number of carbonyl (C=O) groups excluding carboxylic acids is 1. The van der Waals surface area contributed by atoms with Gasteiger partial charge in [0.25, 0.3) is 0 Å². The van der Waals surface area contributed by atoms with Crippen molar-refractivity contribution in [2.45, 2.75) is 25.9 Å². The van der Waals surface area contributed by atoms with Crippen molar-refractivity contribution in [1.82, 2.24) is 4.90 Å². The number of amides is 1. The molecular formula is C23H30N4O2. The van der Waals surface area contributed by atoms with Gasteiger partial charge in [-0.3, -0.25) is 9.69 Å². The third kappa shape index (κ3) is 4.71. The van der Waals surface area contributed by atoms with Gasteiger partial charge in [-0.15, -0.1) is 0 Å². The lowest BCUT2D eigenvalue weighted by molar-refractivity contribution is -0.116. The van der Waals surface area contributed by atoms with Crippen molar-refractivity contribution in [1.29, 1.82) is 0 Å². The monoisotopic (exact) mass is 394 g/mol. The number of aliphatic hydroxyl groups is 1. The van der Waals surface area contributed by atoms with E-state index in [-0.39, 0.29) is 5.91 Å². The van der Waals surface area contributed by atoms with Crippen molar-refractivity contribution in [2.75, 3.05) is 54.8 Å². The first-order chi connectivity index (χ1) is 14.1. The van der Waals surface area contributed by atoms with E-state index in [0.717, 1.165) is 44.0 Å². The molecule has 2 aromatic rings. The van der Waals surface area contributed by atoms with E-state index in [1.54, 1.807) is 0 Å². The van der Waals surface area contributed by atoms with Gasteiger partial charge in [-0.1, -0.05) is 24.3 Å². The Balaban J connectivity index is 1.28. The highest BCUT2D eigenvalue weighted by Crippen LogP contribution is 2.32. The van der Waals surface area contributed by atoms with E-state index in [2.05, 4.69) is 39.5 Å². The van der Waals surface area contributed by atoms with Gasteiger partial charge in [-0.25, -0.2) is 0 Å². The summed E-state index contributed by atoms with van der Waals surface area (Å²) < 4.78 is 0. The van der Waals surface area contributed by atoms with Crippen LogP contribution in [0.3, 0.4) is 0 Å². The van der Waals surface area contributed by atoms with Crippen LogP contribution < -0.4 is 15.5 Å². The number of fused-ring (bicyclic) bond motifs is 1. The second-order valence-electron chi connectivity index (χ2n) is 7.99. The van der Waals surface area contributed by atoms with Crippen molar-refractivity contribution in [3.63, 3.8) is 0 Å². The zero-order chi connectivity index (χ0) is 20.2. The molecule has 154 valence electrons. The van der Waals surface area contributed by atoms with Crippen molar-refractivity contribution >= 4 is 23.0 Å². The summed E-state index contributed by atoms with van der Waals surface area (Å²) in [7, 11) is 0. The number of carbonyl (C=O) groups is 1. The summed E-state index contributed by atoms with van der Waals surface area (Å²) in [6.45, 7) is 7.02. The molecule has 6 heteroatoms. The molecule has 2 aliphatic rings. The van der Waals surface area contributed by atoms with Crippen molar-refractivity contribution in [3.8, 4) is 0 Å². The first kappa shape index (κ1) is 19.7. The molecule has 0 bridgehead atoms. The van der Waals surface area contributed by atoms with Gasteiger partial charge in [0.1, 0.15) is 0 Å². The van der Waals surface area contributed by atoms with E-state index in [1.807, 2.05) is 30.3 Å². The highest BCUT2D eigenvalue weighted by Gasteiger charge is 2.24. The number of rotatable bonds is 6. The van der Waals surface area contributed by atoms with Crippen LogP contribution in [0.2, 0.25) is 0 Å². The fourth-order valence-corrected chi connectivity index (χ4v) is 4.23. The van der Waals surface area contributed by atoms with Gasteiger partial charge < -0.3 is 20.6 Å². The average Bonchev–Trinajstić information content (AvgIpc) is 2.73.